The lowest BCUT2D eigenvalue weighted by Gasteiger charge is -2.16. The van der Waals surface area contributed by atoms with Crippen LogP contribution in [0.2, 0.25) is 0 Å². The van der Waals surface area contributed by atoms with Crippen molar-refractivity contribution in [2.24, 2.45) is 5.92 Å². The molecule has 43 heavy (non-hydrogen) atoms. The van der Waals surface area contributed by atoms with Crippen LogP contribution in [0.25, 0.3) is 44.5 Å². The maximum absolute atomic E-state index is 6.37. The third-order valence-electron chi connectivity index (χ3n) is 8.13. The van der Waals surface area contributed by atoms with E-state index in [-0.39, 0.29) is 0 Å². The molecule has 0 saturated carbocycles. The van der Waals surface area contributed by atoms with Gasteiger partial charge in [-0.2, -0.15) is 0 Å². The maximum Gasteiger partial charge on any atom is 0.127 e. The van der Waals surface area contributed by atoms with E-state index in [1.165, 1.54) is 0 Å². The molecule has 0 aliphatic carbocycles. The maximum atomic E-state index is 6.37. The zero-order valence-corrected chi connectivity index (χ0v) is 25.4. The van der Waals surface area contributed by atoms with Gasteiger partial charge in [0.15, 0.2) is 0 Å². The topological polar surface area (TPSA) is 94.3 Å². The molecule has 0 saturated heterocycles. The lowest BCUT2D eigenvalue weighted by Crippen LogP contribution is -2.13. The quantitative estimate of drug-likeness (QED) is 0.225. The first-order valence-corrected chi connectivity index (χ1v) is 15.2. The van der Waals surface area contributed by atoms with Gasteiger partial charge in [-0.1, -0.05) is 52.0 Å². The number of aromatic nitrogens is 4. The zero-order valence-electron chi connectivity index (χ0n) is 25.4. The van der Waals surface area contributed by atoms with Crippen LogP contribution >= 0.6 is 0 Å². The molecule has 5 aromatic rings. The van der Waals surface area contributed by atoms with Gasteiger partial charge in [-0.25, -0.2) is 9.97 Å². The van der Waals surface area contributed by atoms with Crippen LogP contribution in [-0.2, 0) is 15.9 Å². The van der Waals surface area contributed by atoms with Crippen LogP contribution in [0, 0.1) is 5.92 Å². The van der Waals surface area contributed by atoms with E-state index in [0.29, 0.717) is 51.5 Å². The fourth-order valence-corrected chi connectivity index (χ4v) is 5.26. The summed E-state index contributed by atoms with van der Waals surface area (Å²) in [6, 6.07) is 19.0. The molecular formula is C35H40N4O4. The minimum Gasteiger partial charge on any atom is -0.491 e. The van der Waals surface area contributed by atoms with E-state index in [0.717, 1.165) is 74.1 Å². The van der Waals surface area contributed by atoms with Crippen molar-refractivity contribution in [3.63, 3.8) is 0 Å². The average molecular weight is 581 g/mol. The van der Waals surface area contributed by atoms with Gasteiger partial charge in [-0.3, -0.25) is 0 Å². The molecule has 1 atom stereocenters. The summed E-state index contributed by atoms with van der Waals surface area (Å²) in [5.74, 6) is 4.40. The van der Waals surface area contributed by atoms with Crippen molar-refractivity contribution >= 4 is 11.0 Å². The molecule has 2 N–H and O–H groups in total. The van der Waals surface area contributed by atoms with Crippen molar-refractivity contribution in [3.05, 3.63) is 72.4 Å². The largest absolute Gasteiger partial charge is 0.491 e. The molecule has 8 nitrogen and oxygen atoms in total. The van der Waals surface area contributed by atoms with E-state index in [2.05, 4.69) is 97.2 Å². The van der Waals surface area contributed by atoms with E-state index in [1.807, 2.05) is 6.20 Å². The summed E-state index contributed by atoms with van der Waals surface area (Å²) < 4.78 is 24.2. The van der Waals surface area contributed by atoms with Crippen molar-refractivity contribution in [1.29, 1.82) is 0 Å². The zero-order chi connectivity index (χ0) is 29.8. The molecule has 2 bridgehead atoms. The molecular weight excluding hydrogens is 540 g/mol. The number of nitrogens with zero attached hydrogens (tertiary/aromatic N) is 2. The number of nitrogens with one attached hydrogen (secondary N) is 2. The SMILES string of the molecule is CCc1ncc(-c2ccc3c(c2)OCCOCCOCCOc2cc-3ccc2-c2ccc3nc([C@H](C)C(C)C)[nH]c3c2)[nH]1. The Labute approximate surface area is 252 Å². The van der Waals surface area contributed by atoms with Crippen molar-refractivity contribution in [1.82, 2.24) is 19.9 Å². The monoisotopic (exact) mass is 580 g/mol. The van der Waals surface area contributed by atoms with Crippen LogP contribution < -0.4 is 9.47 Å². The number of hydrogen-bond donors (Lipinski definition) is 2. The number of H-pyrrole nitrogens is 2. The molecule has 224 valence electrons. The Balaban J connectivity index is 1.39. The first-order chi connectivity index (χ1) is 21.0. The molecule has 0 fully saturated rings. The van der Waals surface area contributed by atoms with Gasteiger partial charge in [0, 0.05) is 29.0 Å². The standard InChI is InChI=1S/C35H40N4O4/c1-5-34-36-21-31(37-34)26-7-10-28-25-6-9-27(24-8-11-29-30(18-24)39-35(38-29)23(4)22(2)3)32(19-25)42-16-14-40-12-13-41-15-17-43-33(28)20-26/h6-11,18-23H,5,12-17H2,1-4H3,(H,36,37)(H,38,39)/t23-/m1/s1. The fourth-order valence-electron chi connectivity index (χ4n) is 5.26. The van der Waals surface area contributed by atoms with Crippen molar-refractivity contribution in [3.8, 4) is 45.0 Å². The van der Waals surface area contributed by atoms with Gasteiger partial charge in [-0.15, -0.1) is 0 Å². The van der Waals surface area contributed by atoms with E-state index >= 15 is 0 Å². The Morgan fingerprint density at radius 2 is 1.33 bits per heavy atom. The predicted molar refractivity (Wildman–Crippen MR) is 170 cm³/mol. The average Bonchev–Trinajstić information content (AvgIpc) is 3.68. The van der Waals surface area contributed by atoms with Gasteiger partial charge >= 0.3 is 0 Å². The molecule has 0 radical (unpaired) electrons. The molecule has 0 spiro atoms. The van der Waals surface area contributed by atoms with Gasteiger partial charge in [0.25, 0.3) is 0 Å². The van der Waals surface area contributed by atoms with Crippen molar-refractivity contribution in [2.75, 3.05) is 39.6 Å². The number of ether oxygens (including phenoxy) is 4. The summed E-state index contributed by atoms with van der Waals surface area (Å²) >= 11 is 0. The normalized spacial score (nSPS) is 15.3. The number of aryl methyl sites for hydroxylation is 1. The smallest absolute Gasteiger partial charge is 0.127 e. The van der Waals surface area contributed by atoms with Crippen molar-refractivity contribution < 1.29 is 18.9 Å². The van der Waals surface area contributed by atoms with Gasteiger partial charge in [0.1, 0.15) is 36.4 Å². The molecule has 3 heterocycles. The predicted octanol–water partition coefficient (Wildman–Crippen LogP) is 7.41. The highest BCUT2D eigenvalue weighted by Gasteiger charge is 2.17. The number of hydrogen-bond acceptors (Lipinski definition) is 6. The minimum absolute atomic E-state index is 0.347. The van der Waals surface area contributed by atoms with Crippen LogP contribution in [0.15, 0.2) is 60.8 Å². The molecule has 2 aromatic heterocycles. The van der Waals surface area contributed by atoms with E-state index in [1.54, 1.807) is 0 Å². The third kappa shape index (κ3) is 6.45. The van der Waals surface area contributed by atoms with E-state index in [4.69, 9.17) is 23.9 Å². The Kier molecular flexibility index (Phi) is 8.77. The summed E-state index contributed by atoms with van der Waals surface area (Å²) in [5, 5.41) is 0. The summed E-state index contributed by atoms with van der Waals surface area (Å²) in [5.41, 5.74) is 8.04. The number of imidazole rings is 2. The summed E-state index contributed by atoms with van der Waals surface area (Å²) in [4.78, 5) is 16.3. The molecule has 0 amide bonds. The van der Waals surface area contributed by atoms with Gasteiger partial charge < -0.3 is 28.9 Å². The first-order valence-electron chi connectivity index (χ1n) is 15.2. The van der Waals surface area contributed by atoms with Gasteiger partial charge in [0.05, 0.1) is 49.4 Å². The summed E-state index contributed by atoms with van der Waals surface area (Å²) in [7, 11) is 0. The van der Waals surface area contributed by atoms with Crippen LogP contribution in [0.1, 0.15) is 45.3 Å². The third-order valence-corrected chi connectivity index (χ3v) is 8.13. The van der Waals surface area contributed by atoms with Gasteiger partial charge in [-0.05, 0) is 47.4 Å². The molecule has 0 unspecified atom stereocenters. The second-order valence-electron chi connectivity index (χ2n) is 11.3. The Hall–Kier alpha value is -4.14. The van der Waals surface area contributed by atoms with Crippen LogP contribution in [0.5, 0.6) is 11.5 Å². The first kappa shape index (κ1) is 29.0. The highest BCUT2D eigenvalue weighted by Crippen LogP contribution is 2.40. The van der Waals surface area contributed by atoms with Gasteiger partial charge in [0.2, 0.25) is 0 Å². The number of rotatable bonds is 5. The molecule has 1 aliphatic rings. The fraction of sp³-hybridized carbons (Fsp3) is 0.371. The molecule has 8 heteroatoms. The van der Waals surface area contributed by atoms with E-state index < -0.39 is 0 Å². The van der Waals surface area contributed by atoms with Crippen LogP contribution in [0.4, 0.5) is 0 Å². The Bertz CT molecular complexity index is 1690. The van der Waals surface area contributed by atoms with E-state index in [9.17, 15) is 0 Å². The lowest BCUT2D eigenvalue weighted by molar-refractivity contribution is 0.0275. The second-order valence-corrected chi connectivity index (χ2v) is 11.3. The van der Waals surface area contributed by atoms with Crippen LogP contribution in [0.3, 0.4) is 0 Å². The second kappa shape index (κ2) is 13.0. The highest BCUT2D eigenvalue weighted by molar-refractivity contribution is 5.86. The lowest BCUT2D eigenvalue weighted by atomic mass is 9.97. The Morgan fingerprint density at radius 3 is 1.98 bits per heavy atom. The number of aromatic amines is 2. The highest BCUT2D eigenvalue weighted by atomic mass is 16.6. The van der Waals surface area contributed by atoms with Crippen molar-refractivity contribution in [2.45, 2.75) is 40.0 Å². The molecule has 6 rings (SSSR count). The number of benzene rings is 3. The molecule has 3 aromatic carbocycles. The summed E-state index contributed by atoms with van der Waals surface area (Å²) in [6.45, 7) is 11.6. The summed E-state index contributed by atoms with van der Waals surface area (Å²) in [6.07, 6.45) is 2.73. The molecule has 1 aliphatic heterocycles. The van der Waals surface area contributed by atoms with Crippen LogP contribution in [-0.4, -0.2) is 59.6 Å². The minimum atomic E-state index is 0.347. The Morgan fingerprint density at radius 1 is 0.721 bits per heavy atom. The number of fused-ring (bicyclic) bond motifs is 5.